The summed E-state index contributed by atoms with van der Waals surface area (Å²) in [6.45, 7) is 2.26. The summed E-state index contributed by atoms with van der Waals surface area (Å²) < 4.78 is 1.60. The Kier molecular flexibility index (Phi) is 4.09. The number of halogens is 1. The lowest BCUT2D eigenvalue weighted by Gasteiger charge is -2.20. The van der Waals surface area contributed by atoms with E-state index in [2.05, 4.69) is 5.10 Å². The second-order valence-electron chi connectivity index (χ2n) is 5.53. The number of rotatable bonds is 3. The highest BCUT2D eigenvalue weighted by Gasteiger charge is 2.35. The van der Waals surface area contributed by atoms with Crippen LogP contribution in [0.5, 0.6) is 0 Å². The first-order valence-corrected chi connectivity index (χ1v) is 7.72. The quantitative estimate of drug-likeness (QED) is 0.936. The van der Waals surface area contributed by atoms with Gasteiger partial charge >= 0.3 is 5.97 Å². The molecule has 1 aliphatic heterocycles. The number of carbonyl (C=O) groups excluding carboxylic acids is 1. The van der Waals surface area contributed by atoms with Gasteiger partial charge in [0.25, 0.3) is 5.91 Å². The lowest BCUT2D eigenvalue weighted by atomic mass is 10.2. The summed E-state index contributed by atoms with van der Waals surface area (Å²) in [4.78, 5) is 25.2. The molecule has 1 fully saturated rings. The van der Waals surface area contributed by atoms with Crippen molar-refractivity contribution >= 4 is 23.5 Å². The molecule has 3 rings (SSSR count). The monoisotopic (exact) mass is 333 g/mol. The van der Waals surface area contributed by atoms with Crippen LogP contribution >= 0.6 is 11.6 Å². The van der Waals surface area contributed by atoms with Crippen molar-refractivity contribution in [2.45, 2.75) is 25.8 Å². The lowest BCUT2D eigenvalue weighted by molar-refractivity contribution is -0.141. The maximum absolute atomic E-state index is 12.6. The average Bonchev–Trinajstić information content (AvgIpc) is 3.14. The molecule has 0 unspecified atom stereocenters. The van der Waals surface area contributed by atoms with Crippen LogP contribution in [0.25, 0.3) is 5.69 Å². The third-order valence-corrected chi connectivity index (χ3v) is 4.31. The first kappa shape index (κ1) is 15.6. The van der Waals surface area contributed by atoms with Crippen molar-refractivity contribution in [3.63, 3.8) is 0 Å². The first-order chi connectivity index (χ1) is 11.0. The van der Waals surface area contributed by atoms with Gasteiger partial charge in [-0.25, -0.2) is 9.48 Å². The second-order valence-corrected chi connectivity index (χ2v) is 5.94. The van der Waals surface area contributed by atoms with Crippen LogP contribution in [0.1, 0.15) is 29.0 Å². The van der Waals surface area contributed by atoms with Gasteiger partial charge in [-0.2, -0.15) is 5.10 Å². The number of carboxylic acids is 1. The Labute approximate surface area is 138 Å². The van der Waals surface area contributed by atoms with E-state index < -0.39 is 12.0 Å². The zero-order valence-corrected chi connectivity index (χ0v) is 13.3. The maximum Gasteiger partial charge on any atom is 0.326 e. The predicted molar refractivity (Wildman–Crippen MR) is 85.0 cm³/mol. The molecule has 2 heterocycles. The molecule has 1 aromatic carbocycles. The topological polar surface area (TPSA) is 75.4 Å². The fraction of sp³-hybridized carbons (Fsp3) is 0.312. The van der Waals surface area contributed by atoms with Gasteiger partial charge in [-0.3, -0.25) is 4.79 Å². The maximum atomic E-state index is 12.6. The molecule has 6 nitrogen and oxygen atoms in total. The van der Waals surface area contributed by atoms with E-state index in [4.69, 9.17) is 11.6 Å². The van der Waals surface area contributed by atoms with Gasteiger partial charge < -0.3 is 10.0 Å². The van der Waals surface area contributed by atoms with Gasteiger partial charge in [-0.05, 0) is 38.0 Å². The molecule has 1 saturated heterocycles. The highest BCUT2D eigenvalue weighted by molar-refractivity contribution is 6.32. The van der Waals surface area contributed by atoms with Gasteiger partial charge in [0.1, 0.15) is 6.04 Å². The van der Waals surface area contributed by atoms with E-state index in [1.807, 2.05) is 25.1 Å². The lowest BCUT2D eigenvalue weighted by Crippen LogP contribution is -2.40. The van der Waals surface area contributed by atoms with Crippen molar-refractivity contribution in [2.75, 3.05) is 6.54 Å². The van der Waals surface area contributed by atoms with Crippen molar-refractivity contribution < 1.29 is 14.7 Å². The molecule has 1 aromatic heterocycles. The van der Waals surface area contributed by atoms with Crippen LogP contribution in [0.2, 0.25) is 5.02 Å². The van der Waals surface area contributed by atoms with Crippen LogP contribution in [0, 0.1) is 6.92 Å². The minimum Gasteiger partial charge on any atom is -0.480 e. The van der Waals surface area contributed by atoms with Crippen LogP contribution in [-0.4, -0.2) is 44.3 Å². The molecule has 1 atom stereocenters. The summed E-state index contributed by atoms with van der Waals surface area (Å²) in [7, 11) is 0. The third-order valence-electron chi connectivity index (χ3n) is 3.99. The number of para-hydroxylation sites is 1. The molecule has 1 N–H and O–H groups in total. The second kappa shape index (κ2) is 6.04. The minimum absolute atomic E-state index is 0.232. The fourth-order valence-corrected chi connectivity index (χ4v) is 3.08. The molecule has 0 bridgehead atoms. The first-order valence-electron chi connectivity index (χ1n) is 7.34. The van der Waals surface area contributed by atoms with E-state index >= 15 is 0 Å². The number of aryl methyl sites for hydroxylation is 1. The molecule has 0 saturated carbocycles. The number of carboxylic acid groups (broad SMARTS) is 1. The molecule has 7 heteroatoms. The molecule has 1 amide bonds. The summed E-state index contributed by atoms with van der Waals surface area (Å²) in [5, 5.41) is 14.1. The molecule has 1 aliphatic rings. The minimum atomic E-state index is -0.974. The van der Waals surface area contributed by atoms with Crippen molar-refractivity contribution in [1.29, 1.82) is 0 Å². The summed E-state index contributed by atoms with van der Waals surface area (Å²) in [5.41, 5.74) is 1.67. The Balaban J connectivity index is 1.93. The molecule has 0 spiro atoms. The summed E-state index contributed by atoms with van der Waals surface area (Å²) in [6, 6.07) is 8.10. The number of aromatic nitrogens is 2. The van der Waals surface area contributed by atoms with Gasteiger partial charge in [-0.15, -0.1) is 0 Å². The van der Waals surface area contributed by atoms with Gasteiger partial charge in [-0.1, -0.05) is 23.7 Å². The van der Waals surface area contributed by atoms with E-state index in [9.17, 15) is 14.7 Å². The number of benzene rings is 1. The summed E-state index contributed by atoms with van der Waals surface area (Å²) in [6.07, 6.45) is 1.16. The SMILES string of the molecule is Cc1cc(C(=O)N2CCC[C@H]2C(=O)O)nn1-c1ccccc1Cl. The van der Waals surface area contributed by atoms with Crippen LogP contribution in [0.15, 0.2) is 30.3 Å². The van der Waals surface area contributed by atoms with E-state index in [1.54, 1.807) is 16.8 Å². The third kappa shape index (κ3) is 2.82. The van der Waals surface area contributed by atoms with Gasteiger partial charge in [0.15, 0.2) is 5.69 Å². The van der Waals surface area contributed by atoms with E-state index in [0.29, 0.717) is 30.1 Å². The van der Waals surface area contributed by atoms with Crippen LogP contribution in [0.3, 0.4) is 0 Å². The van der Waals surface area contributed by atoms with Crippen molar-refractivity contribution in [1.82, 2.24) is 14.7 Å². The Bertz CT molecular complexity index is 772. The fourth-order valence-electron chi connectivity index (χ4n) is 2.86. The zero-order valence-electron chi connectivity index (χ0n) is 12.6. The van der Waals surface area contributed by atoms with Crippen LogP contribution < -0.4 is 0 Å². The van der Waals surface area contributed by atoms with E-state index in [0.717, 1.165) is 5.69 Å². The van der Waals surface area contributed by atoms with E-state index in [-0.39, 0.29) is 11.6 Å². The molecule has 23 heavy (non-hydrogen) atoms. The Morgan fingerprint density at radius 2 is 2.09 bits per heavy atom. The summed E-state index contributed by atoms with van der Waals surface area (Å²) in [5.74, 6) is -1.33. The highest BCUT2D eigenvalue weighted by Crippen LogP contribution is 2.23. The number of carbonyl (C=O) groups is 2. The Morgan fingerprint density at radius 1 is 1.35 bits per heavy atom. The van der Waals surface area contributed by atoms with Gasteiger partial charge in [0.05, 0.1) is 10.7 Å². The van der Waals surface area contributed by atoms with Crippen molar-refractivity contribution in [3.05, 3.63) is 46.7 Å². The molecular formula is C16H16ClN3O3. The largest absolute Gasteiger partial charge is 0.480 e. The smallest absolute Gasteiger partial charge is 0.326 e. The number of aliphatic carboxylic acids is 1. The molecular weight excluding hydrogens is 318 g/mol. The highest BCUT2D eigenvalue weighted by atomic mass is 35.5. The number of amides is 1. The van der Waals surface area contributed by atoms with Crippen LogP contribution in [-0.2, 0) is 4.79 Å². The Hall–Kier alpha value is -2.34. The average molecular weight is 334 g/mol. The number of hydrogen-bond acceptors (Lipinski definition) is 3. The molecule has 2 aromatic rings. The number of likely N-dealkylation sites (tertiary alicyclic amines) is 1. The van der Waals surface area contributed by atoms with Crippen molar-refractivity contribution in [3.8, 4) is 5.69 Å². The van der Waals surface area contributed by atoms with Gasteiger partial charge in [0.2, 0.25) is 0 Å². The normalized spacial score (nSPS) is 17.5. The molecule has 120 valence electrons. The standard InChI is InChI=1S/C16H16ClN3O3/c1-10-9-12(15(21)19-8-4-7-14(19)16(22)23)18-20(10)13-6-3-2-5-11(13)17/h2-3,5-6,9,14H,4,7-8H2,1H3,(H,22,23)/t14-/m0/s1. The molecule has 0 aliphatic carbocycles. The summed E-state index contributed by atoms with van der Waals surface area (Å²) >= 11 is 6.18. The zero-order chi connectivity index (χ0) is 16.6. The predicted octanol–water partition coefficient (Wildman–Crippen LogP) is 2.52. The Morgan fingerprint density at radius 3 is 2.78 bits per heavy atom. The van der Waals surface area contributed by atoms with E-state index in [1.165, 1.54) is 4.90 Å². The van der Waals surface area contributed by atoms with Gasteiger partial charge in [0, 0.05) is 12.2 Å². The number of nitrogens with zero attached hydrogens (tertiary/aromatic N) is 3. The van der Waals surface area contributed by atoms with Crippen molar-refractivity contribution in [2.24, 2.45) is 0 Å². The molecule has 0 radical (unpaired) electrons. The number of hydrogen-bond donors (Lipinski definition) is 1. The van der Waals surface area contributed by atoms with Crippen LogP contribution in [0.4, 0.5) is 0 Å².